The van der Waals surface area contributed by atoms with Crippen LogP contribution in [0.15, 0.2) is 36.9 Å². The lowest BCUT2D eigenvalue weighted by Gasteiger charge is -2.11. The fraction of sp³-hybridized carbons (Fsp3) is 0.308. The van der Waals surface area contributed by atoms with Crippen LogP contribution in [0.25, 0.3) is 0 Å². The highest BCUT2D eigenvalue weighted by molar-refractivity contribution is 5.67. The molecule has 0 saturated carbocycles. The number of aliphatic carboxylic acids is 1. The molecule has 0 radical (unpaired) electrons. The molecule has 98 valence electrons. The van der Waals surface area contributed by atoms with Crippen LogP contribution in [0.2, 0.25) is 0 Å². The number of carboxylic acid groups (broad SMARTS) is 1. The van der Waals surface area contributed by atoms with E-state index in [1.54, 1.807) is 0 Å². The van der Waals surface area contributed by atoms with Gasteiger partial charge in [0.25, 0.3) is 0 Å². The second-order valence-electron chi connectivity index (χ2n) is 3.99. The number of rotatable bonds is 5. The van der Waals surface area contributed by atoms with Gasteiger partial charge in [0.15, 0.2) is 0 Å². The lowest BCUT2D eigenvalue weighted by molar-refractivity contribution is -0.138. The van der Waals surface area contributed by atoms with Crippen LogP contribution in [-0.2, 0) is 17.4 Å². The second kappa shape index (κ2) is 5.71. The molecule has 18 heavy (non-hydrogen) atoms. The van der Waals surface area contributed by atoms with Gasteiger partial charge in [-0.15, -0.1) is 6.58 Å². The summed E-state index contributed by atoms with van der Waals surface area (Å²) in [6.45, 7) is 3.52. The summed E-state index contributed by atoms with van der Waals surface area (Å²) < 4.78 is 37.0. The number of carbonyl (C=O) groups is 1. The molecule has 0 amide bonds. The van der Waals surface area contributed by atoms with Crippen molar-refractivity contribution < 1.29 is 23.1 Å². The second-order valence-corrected chi connectivity index (χ2v) is 3.99. The van der Waals surface area contributed by atoms with E-state index >= 15 is 0 Å². The third-order valence-electron chi connectivity index (χ3n) is 2.55. The Kier molecular flexibility index (Phi) is 4.53. The highest BCUT2D eigenvalue weighted by Crippen LogP contribution is 2.29. The molecule has 0 saturated heterocycles. The first kappa shape index (κ1) is 14.3. The topological polar surface area (TPSA) is 37.3 Å². The summed E-state index contributed by atoms with van der Waals surface area (Å²) in [5, 5.41) is 8.65. The summed E-state index contributed by atoms with van der Waals surface area (Å²) in [7, 11) is 0. The third-order valence-corrected chi connectivity index (χ3v) is 2.55. The number of alkyl halides is 3. The zero-order valence-electron chi connectivity index (χ0n) is 9.57. The number of hydrogen-bond acceptors (Lipinski definition) is 1. The summed E-state index contributed by atoms with van der Waals surface area (Å²) in [6, 6.07) is 4.72. The van der Waals surface area contributed by atoms with Crippen LogP contribution in [0.1, 0.15) is 17.5 Å². The summed E-state index contributed by atoms with van der Waals surface area (Å²) in [5.74, 6) is -1.23. The Balaban J connectivity index is 2.74. The molecule has 1 aromatic rings. The van der Waals surface area contributed by atoms with Crippen LogP contribution in [0.4, 0.5) is 13.2 Å². The Bertz CT molecular complexity index is 421. The van der Waals surface area contributed by atoms with Crippen molar-refractivity contribution in [1.82, 2.24) is 0 Å². The van der Waals surface area contributed by atoms with Crippen LogP contribution in [0.3, 0.4) is 0 Å². The van der Waals surface area contributed by atoms with Crippen molar-refractivity contribution in [3.63, 3.8) is 0 Å². The summed E-state index contributed by atoms with van der Waals surface area (Å²) in [4.78, 5) is 10.5. The maximum Gasteiger partial charge on any atom is 0.416 e. The van der Waals surface area contributed by atoms with Gasteiger partial charge >= 0.3 is 12.1 Å². The first-order valence-corrected chi connectivity index (χ1v) is 5.33. The van der Waals surface area contributed by atoms with Crippen LogP contribution in [-0.4, -0.2) is 11.1 Å². The van der Waals surface area contributed by atoms with E-state index in [-0.39, 0.29) is 12.3 Å². The average molecular weight is 258 g/mol. The first-order chi connectivity index (χ1) is 8.32. The third kappa shape index (κ3) is 4.24. The number of allylic oxidation sites excluding steroid dienone is 1. The summed E-state index contributed by atoms with van der Waals surface area (Å²) in [6.07, 6.45) is -2.55. The highest BCUT2D eigenvalue weighted by Gasteiger charge is 2.29. The molecule has 1 rings (SSSR count). The lowest BCUT2D eigenvalue weighted by Crippen LogP contribution is -2.09. The average Bonchev–Trinajstić information content (AvgIpc) is 2.27. The van der Waals surface area contributed by atoms with E-state index in [4.69, 9.17) is 5.11 Å². The van der Waals surface area contributed by atoms with E-state index in [1.165, 1.54) is 18.2 Å². The van der Waals surface area contributed by atoms with Crippen molar-refractivity contribution in [2.75, 3.05) is 0 Å². The van der Waals surface area contributed by atoms with Gasteiger partial charge < -0.3 is 5.11 Å². The van der Waals surface area contributed by atoms with Gasteiger partial charge in [-0.2, -0.15) is 13.2 Å². The minimum atomic E-state index is -4.35. The van der Waals surface area contributed by atoms with Gasteiger partial charge in [0.1, 0.15) is 0 Å². The largest absolute Gasteiger partial charge is 0.481 e. The van der Waals surface area contributed by atoms with Crippen LogP contribution >= 0.6 is 0 Å². The molecule has 2 nitrogen and oxygen atoms in total. The molecule has 0 bridgehead atoms. The first-order valence-electron chi connectivity index (χ1n) is 5.33. The number of carboxylic acids is 1. The van der Waals surface area contributed by atoms with Gasteiger partial charge in [0, 0.05) is 0 Å². The zero-order chi connectivity index (χ0) is 13.8. The van der Waals surface area contributed by atoms with E-state index in [2.05, 4.69) is 6.58 Å². The molecular weight excluding hydrogens is 245 g/mol. The molecular formula is C13H13F3O2. The van der Waals surface area contributed by atoms with E-state index in [9.17, 15) is 18.0 Å². The fourth-order valence-corrected chi connectivity index (χ4v) is 1.60. The molecule has 1 aromatic carbocycles. The van der Waals surface area contributed by atoms with Crippen molar-refractivity contribution in [2.45, 2.75) is 19.0 Å². The molecule has 0 spiro atoms. The quantitative estimate of drug-likeness (QED) is 0.820. The SMILES string of the molecule is C=C[C@@H](CC(=O)O)Cc1ccc(C(F)(F)F)cc1. The van der Waals surface area contributed by atoms with Crippen molar-refractivity contribution in [3.8, 4) is 0 Å². The van der Waals surface area contributed by atoms with Gasteiger partial charge in [0.05, 0.1) is 12.0 Å². The zero-order valence-corrected chi connectivity index (χ0v) is 9.57. The normalized spacial score (nSPS) is 13.1. The predicted octanol–water partition coefficient (Wildman–Crippen LogP) is 3.52. The van der Waals surface area contributed by atoms with Gasteiger partial charge in [-0.25, -0.2) is 0 Å². The molecule has 0 unspecified atom stereocenters. The minimum absolute atomic E-state index is 0.0788. The molecule has 0 aliphatic carbocycles. The summed E-state index contributed by atoms with van der Waals surface area (Å²) in [5.41, 5.74) is -0.0474. The minimum Gasteiger partial charge on any atom is -0.481 e. The molecule has 1 atom stereocenters. The molecule has 0 heterocycles. The molecule has 0 fully saturated rings. The van der Waals surface area contributed by atoms with E-state index in [1.807, 2.05) is 0 Å². The standard InChI is InChI=1S/C13H13F3O2/c1-2-9(8-12(17)18)7-10-3-5-11(6-4-10)13(14,15)16/h2-6,9H,1,7-8H2,(H,17,18)/t9-/m1/s1. The lowest BCUT2D eigenvalue weighted by atomic mass is 9.96. The van der Waals surface area contributed by atoms with Crippen LogP contribution < -0.4 is 0 Å². The monoisotopic (exact) mass is 258 g/mol. The van der Waals surface area contributed by atoms with E-state index < -0.39 is 17.7 Å². The Morgan fingerprint density at radius 2 is 1.89 bits per heavy atom. The summed E-state index contributed by atoms with van der Waals surface area (Å²) >= 11 is 0. The maximum atomic E-state index is 12.3. The van der Waals surface area contributed by atoms with Crippen LogP contribution in [0, 0.1) is 5.92 Å². The smallest absolute Gasteiger partial charge is 0.416 e. The Morgan fingerprint density at radius 1 is 1.33 bits per heavy atom. The van der Waals surface area contributed by atoms with Crippen molar-refractivity contribution in [2.24, 2.45) is 5.92 Å². The van der Waals surface area contributed by atoms with Crippen LogP contribution in [0.5, 0.6) is 0 Å². The van der Waals surface area contributed by atoms with Gasteiger partial charge in [0.2, 0.25) is 0 Å². The predicted molar refractivity (Wildman–Crippen MR) is 61.1 cm³/mol. The Labute approximate surface area is 103 Å². The van der Waals surface area contributed by atoms with Crippen molar-refractivity contribution in [3.05, 3.63) is 48.0 Å². The molecule has 0 aliphatic rings. The Morgan fingerprint density at radius 3 is 2.28 bits per heavy atom. The molecule has 0 aromatic heterocycles. The van der Waals surface area contributed by atoms with Crippen molar-refractivity contribution in [1.29, 1.82) is 0 Å². The molecule has 5 heteroatoms. The maximum absolute atomic E-state index is 12.3. The molecule has 1 N–H and O–H groups in total. The number of benzene rings is 1. The van der Waals surface area contributed by atoms with Gasteiger partial charge in [-0.3, -0.25) is 4.79 Å². The van der Waals surface area contributed by atoms with E-state index in [0.717, 1.165) is 12.1 Å². The highest BCUT2D eigenvalue weighted by atomic mass is 19.4. The fourth-order valence-electron chi connectivity index (χ4n) is 1.60. The van der Waals surface area contributed by atoms with E-state index in [0.29, 0.717) is 12.0 Å². The van der Waals surface area contributed by atoms with Crippen molar-refractivity contribution >= 4 is 5.97 Å². The van der Waals surface area contributed by atoms with Gasteiger partial charge in [-0.05, 0) is 30.0 Å². The van der Waals surface area contributed by atoms with Gasteiger partial charge in [-0.1, -0.05) is 18.2 Å². The molecule has 0 aliphatic heterocycles. The number of halogens is 3. The Hall–Kier alpha value is -1.78. The number of hydrogen-bond donors (Lipinski definition) is 1.